The number of hydrogen-bond donors (Lipinski definition) is 2. The van der Waals surface area contributed by atoms with Gasteiger partial charge in [-0.3, -0.25) is 4.72 Å². The second-order valence-corrected chi connectivity index (χ2v) is 10.4. The summed E-state index contributed by atoms with van der Waals surface area (Å²) in [6.45, 7) is 10.6. The first-order valence-corrected chi connectivity index (χ1v) is 13.5. The minimum absolute atomic E-state index is 0.144. The molecule has 0 unspecified atom stereocenters. The smallest absolute Gasteiger partial charge is 0.263 e. The molecule has 4 rings (SSSR count). The number of ether oxygens (including phenoxy) is 1. The van der Waals surface area contributed by atoms with Crippen molar-refractivity contribution in [1.82, 2.24) is 15.1 Å². The zero-order valence-electron chi connectivity index (χ0n) is 21.6. The van der Waals surface area contributed by atoms with E-state index in [4.69, 9.17) is 9.26 Å². The molecular formula is C27H31N5O4S. The number of hydrogen-bond acceptors (Lipinski definition) is 8. The van der Waals surface area contributed by atoms with E-state index >= 15 is 0 Å². The largest absolute Gasteiger partial charge is 0.377 e. The van der Waals surface area contributed by atoms with Gasteiger partial charge in [-0.25, -0.2) is 18.4 Å². The summed E-state index contributed by atoms with van der Waals surface area (Å²) in [7, 11) is -3.94. The number of benzene rings is 2. The Balaban J connectivity index is 1.68. The van der Waals surface area contributed by atoms with Gasteiger partial charge in [-0.05, 0) is 57.4 Å². The van der Waals surface area contributed by atoms with E-state index in [0.29, 0.717) is 42.5 Å². The van der Waals surface area contributed by atoms with Crippen molar-refractivity contribution in [3.8, 4) is 11.1 Å². The van der Waals surface area contributed by atoms with Gasteiger partial charge in [0.25, 0.3) is 10.0 Å². The Labute approximate surface area is 217 Å². The first kappa shape index (κ1) is 26.3. The van der Waals surface area contributed by atoms with E-state index in [1.807, 2.05) is 51.1 Å². The highest BCUT2D eigenvalue weighted by molar-refractivity contribution is 7.92. The summed E-state index contributed by atoms with van der Waals surface area (Å²) >= 11 is 0. The molecule has 2 N–H and O–H groups in total. The zero-order valence-corrected chi connectivity index (χ0v) is 22.4. The van der Waals surface area contributed by atoms with Crippen LogP contribution in [0.25, 0.3) is 11.1 Å². The Kier molecular flexibility index (Phi) is 7.89. The maximum Gasteiger partial charge on any atom is 0.263 e. The second kappa shape index (κ2) is 11.1. The topological polar surface area (TPSA) is 119 Å². The summed E-state index contributed by atoms with van der Waals surface area (Å²) in [6, 6.07) is 14.7. The molecule has 4 aromatic rings. The van der Waals surface area contributed by atoms with Crippen LogP contribution in [0.1, 0.15) is 40.9 Å². The number of nitrogens with zero attached hydrogens (tertiary/aromatic N) is 3. The Morgan fingerprint density at radius 2 is 1.76 bits per heavy atom. The van der Waals surface area contributed by atoms with Gasteiger partial charge in [-0.2, -0.15) is 0 Å². The van der Waals surface area contributed by atoms with Gasteiger partial charge in [0.2, 0.25) is 0 Å². The Bertz CT molecular complexity index is 1490. The monoisotopic (exact) mass is 521 g/mol. The molecule has 0 saturated carbocycles. The van der Waals surface area contributed by atoms with Crippen LogP contribution in [-0.4, -0.2) is 30.1 Å². The quantitative estimate of drug-likeness (QED) is 0.288. The van der Waals surface area contributed by atoms with Crippen LogP contribution in [0, 0.1) is 27.7 Å². The highest BCUT2D eigenvalue weighted by atomic mass is 32.2. The molecule has 0 aliphatic heterocycles. The van der Waals surface area contributed by atoms with Crippen LogP contribution in [0.3, 0.4) is 0 Å². The van der Waals surface area contributed by atoms with Crippen molar-refractivity contribution in [2.24, 2.45) is 0 Å². The molecule has 2 aromatic heterocycles. The third-order valence-electron chi connectivity index (χ3n) is 5.93. The van der Waals surface area contributed by atoms with Crippen molar-refractivity contribution in [3.05, 3.63) is 82.5 Å². The van der Waals surface area contributed by atoms with E-state index in [9.17, 15) is 8.42 Å². The zero-order chi connectivity index (χ0) is 26.6. The summed E-state index contributed by atoms with van der Waals surface area (Å²) in [5, 5.41) is 7.19. The summed E-state index contributed by atoms with van der Waals surface area (Å²) < 4.78 is 40.3. The average molecular weight is 522 g/mol. The summed E-state index contributed by atoms with van der Waals surface area (Å²) in [5.41, 5.74) is 4.78. The molecule has 2 heterocycles. The normalized spacial score (nSPS) is 11.5. The molecule has 0 aliphatic carbocycles. The van der Waals surface area contributed by atoms with Crippen LogP contribution in [0.15, 0.2) is 57.9 Å². The number of nitrogens with one attached hydrogen (secondary N) is 2. The lowest BCUT2D eigenvalue weighted by molar-refractivity contribution is 0.134. The molecule has 0 radical (unpaired) electrons. The van der Waals surface area contributed by atoms with Crippen molar-refractivity contribution in [2.75, 3.05) is 16.6 Å². The maximum absolute atomic E-state index is 13.4. The van der Waals surface area contributed by atoms with Crippen molar-refractivity contribution in [1.29, 1.82) is 0 Å². The highest BCUT2D eigenvalue weighted by Gasteiger charge is 2.23. The number of sulfonamides is 1. The molecule has 10 heteroatoms. The first-order chi connectivity index (χ1) is 17.7. The third kappa shape index (κ3) is 6.15. The molecule has 0 atom stereocenters. The van der Waals surface area contributed by atoms with Crippen molar-refractivity contribution < 1.29 is 17.7 Å². The SMILES string of the molecule is CCOCc1cc(CNc2cc(C)nc(C)n2)ccc1-c1ccccc1S(=O)(=O)Nc1noc(C)c1C. The lowest BCUT2D eigenvalue weighted by atomic mass is 9.97. The second-order valence-electron chi connectivity index (χ2n) is 8.74. The van der Waals surface area contributed by atoms with Gasteiger partial charge >= 0.3 is 0 Å². The number of aromatic nitrogens is 3. The fourth-order valence-electron chi connectivity index (χ4n) is 3.97. The molecule has 0 amide bonds. The Hall–Kier alpha value is -3.76. The standard InChI is InChI=1S/C27H31N5O4S/c1-6-35-16-22-14-21(15-28-26-13-17(2)29-20(5)30-26)11-12-23(22)24-9-7-8-10-25(24)37(33,34)32-27-18(3)19(4)36-31-27/h7-14H,6,15-16H2,1-5H3,(H,31,32)(H,28,29,30). The van der Waals surface area contributed by atoms with Crippen LogP contribution in [0.4, 0.5) is 11.6 Å². The van der Waals surface area contributed by atoms with Crippen LogP contribution in [0.2, 0.25) is 0 Å². The van der Waals surface area contributed by atoms with Crippen molar-refractivity contribution in [3.63, 3.8) is 0 Å². The summed E-state index contributed by atoms with van der Waals surface area (Å²) in [4.78, 5) is 8.89. The minimum atomic E-state index is -3.94. The van der Waals surface area contributed by atoms with E-state index in [1.165, 1.54) is 0 Å². The Morgan fingerprint density at radius 1 is 0.973 bits per heavy atom. The first-order valence-electron chi connectivity index (χ1n) is 12.0. The van der Waals surface area contributed by atoms with Gasteiger partial charge in [-0.15, -0.1) is 0 Å². The molecule has 0 spiro atoms. The van der Waals surface area contributed by atoms with Gasteiger partial charge in [0.05, 0.1) is 11.5 Å². The molecule has 0 aliphatic rings. The lowest BCUT2D eigenvalue weighted by Crippen LogP contribution is -2.15. The van der Waals surface area contributed by atoms with E-state index in [-0.39, 0.29) is 10.7 Å². The number of aryl methyl sites for hydroxylation is 3. The van der Waals surface area contributed by atoms with Crippen molar-refractivity contribution >= 4 is 21.7 Å². The minimum Gasteiger partial charge on any atom is -0.377 e. The highest BCUT2D eigenvalue weighted by Crippen LogP contribution is 2.33. The molecule has 0 saturated heterocycles. The lowest BCUT2D eigenvalue weighted by Gasteiger charge is -2.16. The van der Waals surface area contributed by atoms with E-state index < -0.39 is 10.0 Å². The molecule has 37 heavy (non-hydrogen) atoms. The average Bonchev–Trinajstić information content (AvgIpc) is 3.17. The van der Waals surface area contributed by atoms with Crippen molar-refractivity contribution in [2.45, 2.75) is 52.7 Å². The Morgan fingerprint density at radius 3 is 2.46 bits per heavy atom. The molecule has 194 valence electrons. The van der Waals surface area contributed by atoms with Crippen LogP contribution >= 0.6 is 0 Å². The number of anilines is 2. The van der Waals surface area contributed by atoms with Gasteiger partial charge in [0.15, 0.2) is 5.82 Å². The van der Waals surface area contributed by atoms with E-state index in [0.717, 1.165) is 28.2 Å². The molecule has 9 nitrogen and oxygen atoms in total. The van der Waals surface area contributed by atoms with Crippen LogP contribution < -0.4 is 10.0 Å². The fraction of sp³-hybridized carbons (Fsp3) is 0.296. The van der Waals surface area contributed by atoms with E-state index in [1.54, 1.807) is 32.0 Å². The van der Waals surface area contributed by atoms with Crippen LogP contribution in [0.5, 0.6) is 0 Å². The maximum atomic E-state index is 13.4. The number of rotatable bonds is 10. The summed E-state index contributed by atoms with van der Waals surface area (Å²) in [6.07, 6.45) is 0. The predicted molar refractivity (Wildman–Crippen MR) is 143 cm³/mol. The third-order valence-corrected chi connectivity index (χ3v) is 7.32. The fourth-order valence-corrected chi connectivity index (χ4v) is 5.25. The molecule has 2 aromatic carbocycles. The van der Waals surface area contributed by atoms with E-state index in [2.05, 4.69) is 25.2 Å². The van der Waals surface area contributed by atoms with Gasteiger partial charge in [0.1, 0.15) is 17.4 Å². The van der Waals surface area contributed by atoms with Crippen LogP contribution in [-0.2, 0) is 27.9 Å². The molecular weight excluding hydrogens is 490 g/mol. The van der Waals surface area contributed by atoms with Gasteiger partial charge in [0, 0.05) is 36.0 Å². The molecule has 0 bridgehead atoms. The molecule has 0 fully saturated rings. The van der Waals surface area contributed by atoms with Gasteiger partial charge in [-0.1, -0.05) is 41.6 Å². The predicted octanol–water partition coefficient (Wildman–Crippen LogP) is 5.31. The summed E-state index contributed by atoms with van der Waals surface area (Å²) in [5.74, 6) is 2.19. The van der Waals surface area contributed by atoms with Gasteiger partial charge < -0.3 is 14.6 Å².